The van der Waals surface area contributed by atoms with Crippen molar-refractivity contribution in [2.24, 2.45) is 0 Å². The summed E-state index contributed by atoms with van der Waals surface area (Å²) in [4.78, 5) is 34.3. The van der Waals surface area contributed by atoms with Gasteiger partial charge in [0, 0.05) is 0 Å². The zero-order valence-corrected chi connectivity index (χ0v) is 9.40. The molecule has 0 unspecified atom stereocenters. The molecule has 0 bridgehead atoms. The number of hydrogen-bond donors (Lipinski definition) is 0. The molecule has 0 atom stereocenters. The SMILES string of the molecule is [Cl-].[Fe+3].[O-][Si]([O-])([O-])[O-].[Zn+2]. The summed E-state index contributed by atoms with van der Waals surface area (Å²) in [5, 5.41) is 0. The fraction of sp³-hybridized carbons (Fsp3) is 0. The van der Waals surface area contributed by atoms with Gasteiger partial charge in [0.25, 0.3) is 0 Å². The van der Waals surface area contributed by atoms with Gasteiger partial charge in [-0.15, -0.1) is 0 Å². The average molecular weight is 249 g/mol. The van der Waals surface area contributed by atoms with Crippen LogP contribution >= 0.6 is 0 Å². The summed E-state index contributed by atoms with van der Waals surface area (Å²) in [7, 11) is -5.61. The maximum Gasteiger partial charge on any atom is 3.00 e. The molecule has 0 aromatic rings. The molecule has 0 N–H and O–H groups in total. The van der Waals surface area contributed by atoms with E-state index in [1.807, 2.05) is 0 Å². The summed E-state index contributed by atoms with van der Waals surface area (Å²) in [6, 6.07) is 0. The molecule has 0 spiro atoms. The third-order valence-corrected chi connectivity index (χ3v) is 0. The first-order chi connectivity index (χ1) is 2.00. The van der Waals surface area contributed by atoms with E-state index in [-0.39, 0.29) is 49.0 Å². The van der Waals surface area contributed by atoms with Crippen LogP contribution in [0.4, 0.5) is 0 Å². The van der Waals surface area contributed by atoms with Gasteiger partial charge in [0.2, 0.25) is 0 Å². The monoisotopic (exact) mass is 247 g/mol. The minimum absolute atomic E-state index is 0. The van der Waals surface area contributed by atoms with Gasteiger partial charge in [-0.25, -0.2) is 0 Å². The van der Waals surface area contributed by atoms with Crippen LogP contribution in [0.15, 0.2) is 0 Å². The Morgan fingerprint density at radius 3 is 0.875 bits per heavy atom. The predicted molar refractivity (Wildman–Crippen MR) is 5.75 cm³/mol. The molecule has 1 radical (unpaired) electrons. The summed E-state index contributed by atoms with van der Waals surface area (Å²) in [5.41, 5.74) is 0. The van der Waals surface area contributed by atoms with Crippen molar-refractivity contribution in [2.75, 3.05) is 0 Å². The number of hydrogen-bond acceptors (Lipinski definition) is 4. The smallest absolute Gasteiger partial charge is 1.00 e. The van der Waals surface area contributed by atoms with Crippen LogP contribution in [-0.4, -0.2) is 9.05 Å². The van der Waals surface area contributed by atoms with Crippen molar-refractivity contribution in [3.05, 3.63) is 0 Å². The summed E-state index contributed by atoms with van der Waals surface area (Å²) in [6.07, 6.45) is 0. The second-order valence-electron chi connectivity index (χ2n) is 0.500. The molecule has 0 aliphatic heterocycles. The van der Waals surface area contributed by atoms with Crippen LogP contribution in [0.2, 0.25) is 0 Å². The average Bonchev–Trinajstić information content (AvgIpc) is 0.722. The van der Waals surface area contributed by atoms with Crippen molar-refractivity contribution in [1.82, 2.24) is 0 Å². The molecule has 0 amide bonds. The van der Waals surface area contributed by atoms with Gasteiger partial charge in [0.05, 0.1) is 0 Å². The van der Waals surface area contributed by atoms with Gasteiger partial charge < -0.3 is 40.6 Å². The molecule has 0 aliphatic carbocycles. The van der Waals surface area contributed by atoms with Crippen molar-refractivity contribution in [3.63, 3.8) is 0 Å². The van der Waals surface area contributed by atoms with E-state index in [1.54, 1.807) is 0 Å². The predicted octanol–water partition coefficient (Wildman–Crippen LogP) is -8.14. The van der Waals surface area contributed by atoms with Crippen LogP contribution in [0.1, 0.15) is 0 Å². The van der Waals surface area contributed by atoms with Gasteiger partial charge in [0.15, 0.2) is 0 Å². The zero-order chi connectivity index (χ0) is 4.50. The molecular weight excluding hydrogens is 249 g/mol. The van der Waals surface area contributed by atoms with E-state index in [0.29, 0.717) is 0 Å². The Bertz CT molecular complexity index is 31.5. The van der Waals surface area contributed by atoms with E-state index in [4.69, 9.17) is 19.2 Å². The fourth-order valence-corrected chi connectivity index (χ4v) is 0. The Balaban J connectivity index is -0.0000000267. The number of rotatable bonds is 0. The van der Waals surface area contributed by atoms with Crippen LogP contribution in [0.5, 0.6) is 0 Å². The number of halogens is 1. The zero-order valence-electron chi connectivity index (χ0n) is 3.57. The molecule has 0 heterocycles. The summed E-state index contributed by atoms with van der Waals surface area (Å²) in [6.45, 7) is 0. The summed E-state index contributed by atoms with van der Waals surface area (Å²) in [5.74, 6) is 0. The molecule has 0 fully saturated rings. The summed E-state index contributed by atoms with van der Waals surface area (Å²) < 4.78 is 0. The van der Waals surface area contributed by atoms with E-state index in [9.17, 15) is 0 Å². The topological polar surface area (TPSA) is 92.2 Å². The van der Waals surface area contributed by atoms with Crippen LogP contribution < -0.4 is 31.6 Å². The second kappa shape index (κ2) is 8.49. The maximum absolute atomic E-state index is 8.58. The first-order valence-electron chi connectivity index (χ1n) is 0.816. The molecular formula is ClFeO4SiZn. The van der Waals surface area contributed by atoms with Gasteiger partial charge in [-0.1, -0.05) is 0 Å². The second-order valence-corrected chi connectivity index (χ2v) is 1.50. The van der Waals surface area contributed by atoms with Crippen molar-refractivity contribution in [2.45, 2.75) is 0 Å². The first-order valence-corrected chi connectivity index (χ1v) is 2.45. The Labute approximate surface area is 77.1 Å². The molecule has 4 nitrogen and oxygen atoms in total. The Morgan fingerprint density at radius 1 is 0.875 bits per heavy atom. The van der Waals surface area contributed by atoms with Gasteiger partial charge in [-0.2, -0.15) is 0 Å². The van der Waals surface area contributed by atoms with Crippen molar-refractivity contribution in [3.8, 4) is 0 Å². The van der Waals surface area contributed by atoms with Crippen LogP contribution in [0, 0.1) is 0 Å². The largest absolute Gasteiger partial charge is 3.00 e. The Hall–Kier alpha value is 1.49. The quantitative estimate of drug-likeness (QED) is 0.398. The van der Waals surface area contributed by atoms with E-state index < -0.39 is 9.05 Å². The Kier molecular flexibility index (Phi) is 24.1. The third-order valence-electron chi connectivity index (χ3n) is 0. The molecule has 8 heteroatoms. The molecule has 0 aromatic heterocycles. The van der Waals surface area contributed by atoms with E-state index in [1.165, 1.54) is 0 Å². The van der Waals surface area contributed by atoms with Crippen LogP contribution in [0.3, 0.4) is 0 Å². The van der Waals surface area contributed by atoms with Crippen molar-refractivity contribution >= 4 is 9.05 Å². The first kappa shape index (κ1) is 22.7. The molecule has 8 heavy (non-hydrogen) atoms. The molecule has 45 valence electrons. The normalized spacial score (nSPS) is 7.50. The minimum Gasteiger partial charge on any atom is -1.00 e. The third kappa shape index (κ3) is 142. The van der Waals surface area contributed by atoms with E-state index in [0.717, 1.165) is 0 Å². The molecule has 0 aromatic carbocycles. The fourth-order valence-electron chi connectivity index (χ4n) is 0. The van der Waals surface area contributed by atoms with Crippen molar-refractivity contribution < 1.29 is 68.1 Å². The standard InChI is InChI=1S/ClH.Fe.O4Si.Zn/c;;1-5(2,3)4;/h1H;;;/q;+3;-4;+2/p-1. The van der Waals surface area contributed by atoms with Crippen molar-refractivity contribution in [1.29, 1.82) is 0 Å². The van der Waals surface area contributed by atoms with E-state index >= 15 is 0 Å². The molecule has 0 aliphatic rings. The molecule has 0 saturated carbocycles. The maximum atomic E-state index is 8.58. The van der Waals surface area contributed by atoms with Gasteiger partial charge in [0.1, 0.15) is 0 Å². The summed E-state index contributed by atoms with van der Waals surface area (Å²) >= 11 is 0. The molecule has 0 rings (SSSR count). The van der Waals surface area contributed by atoms with Gasteiger partial charge >= 0.3 is 36.5 Å². The molecule has 0 saturated heterocycles. The van der Waals surface area contributed by atoms with Gasteiger partial charge in [-0.05, 0) is 0 Å². The van der Waals surface area contributed by atoms with E-state index in [2.05, 4.69) is 0 Å². The Morgan fingerprint density at radius 2 is 0.875 bits per heavy atom. The van der Waals surface area contributed by atoms with Crippen LogP contribution in [0.25, 0.3) is 0 Å². The van der Waals surface area contributed by atoms with Gasteiger partial charge in [-0.3, -0.25) is 0 Å². The minimum atomic E-state index is -5.61. The van der Waals surface area contributed by atoms with Crippen LogP contribution in [-0.2, 0) is 36.5 Å².